The Labute approximate surface area is 374 Å². The van der Waals surface area contributed by atoms with Crippen molar-refractivity contribution >= 4 is 38.0 Å². The second-order valence-electron chi connectivity index (χ2n) is 15.5. The average Bonchev–Trinajstić information content (AvgIpc) is 3.67. The molecule has 8 aromatic carbocycles. The Morgan fingerprint density at radius 2 is 0.859 bits per heavy atom. The summed E-state index contributed by atoms with van der Waals surface area (Å²) in [5.41, 5.74) is 6.49. The lowest BCUT2D eigenvalue weighted by atomic mass is 10.0. The van der Waals surface area contributed by atoms with Gasteiger partial charge in [-0.1, -0.05) is 153 Å². The number of phenols is 2. The third-order valence-electron chi connectivity index (χ3n) is 11.4. The summed E-state index contributed by atoms with van der Waals surface area (Å²) in [6.07, 6.45) is 0.383. The van der Waals surface area contributed by atoms with Crippen LogP contribution in [-0.2, 0) is 19.9 Å². The van der Waals surface area contributed by atoms with Crippen LogP contribution in [0.3, 0.4) is 0 Å². The fourth-order valence-electron chi connectivity index (χ4n) is 8.28. The number of fused-ring (bicyclic) bond motifs is 7. The number of rotatable bonds is 4. The van der Waals surface area contributed by atoms with Crippen molar-refractivity contribution in [1.82, 2.24) is 0 Å². The normalized spacial score (nSPS) is 19.7. The van der Waals surface area contributed by atoms with Gasteiger partial charge in [-0.15, -0.1) is 0 Å². The van der Waals surface area contributed by atoms with Gasteiger partial charge in [0.05, 0.1) is 27.7 Å². The van der Waals surface area contributed by atoms with Crippen LogP contribution in [0.5, 0.6) is 28.7 Å². The predicted octanol–water partition coefficient (Wildman–Crippen LogP) is 13.6. The maximum Gasteiger partial charge on any atom is 0.285 e. The van der Waals surface area contributed by atoms with Crippen molar-refractivity contribution in [3.8, 4) is 62.1 Å². The average molecular weight is 905 g/mol. The van der Waals surface area contributed by atoms with Crippen LogP contribution in [0.15, 0.2) is 194 Å². The molecule has 8 nitrogen and oxygen atoms in total. The van der Waals surface area contributed by atoms with Crippen LogP contribution in [0.2, 0.25) is 0 Å². The van der Waals surface area contributed by atoms with Gasteiger partial charge in [-0.3, -0.25) is 13.7 Å². The van der Waals surface area contributed by atoms with E-state index in [9.17, 15) is 23.9 Å². The van der Waals surface area contributed by atoms with Gasteiger partial charge in [0, 0.05) is 34.5 Å². The Morgan fingerprint density at radius 3 is 1.45 bits per heavy atom. The monoisotopic (exact) mass is 904 g/mol. The molecule has 2 N–H and O–H groups in total. The van der Waals surface area contributed by atoms with Crippen molar-refractivity contribution < 1.29 is 37.5 Å². The van der Waals surface area contributed by atoms with E-state index in [1.807, 2.05) is 171 Å². The third kappa shape index (κ3) is 8.22. The van der Waals surface area contributed by atoms with Gasteiger partial charge in [-0.25, -0.2) is 0 Å². The Hall–Kier alpha value is -6.55. The van der Waals surface area contributed by atoms with Gasteiger partial charge in [-0.2, -0.15) is 0 Å². The van der Waals surface area contributed by atoms with E-state index in [-0.39, 0.29) is 18.9 Å². The molecule has 0 radical (unpaired) electrons. The minimum Gasteiger partial charge on any atom is -0.508 e. The molecule has 0 saturated carbocycles. The van der Waals surface area contributed by atoms with Crippen LogP contribution in [0.25, 0.3) is 33.4 Å². The molecule has 0 fully saturated rings. The highest BCUT2D eigenvalue weighted by Gasteiger charge is 2.42. The number of phenolic OH excluding ortho intramolecular Hbond substituents is 2. The molecular weight excluding hydrogens is 857 g/mol. The Kier molecular flexibility index (Phi) is 12.3. The molecule has 11 rings (SSSR count). The van der Waals surface area contributed by atoms with Crippen LogP contribution in [0.4, 0.5) is 0 Å². The topological polar surface area (TPSA) is 119 Å². The molecule has 4 atom stereocenters. The van der Waals surface area contributed by atoms with Crippen molar-refractivity contribution in [2.45, 2.75) is 26.2 Å². The lowest BCUT2D eigenvalue weighted by molar-refractivity contribution is 0.457. The third-order valence-corrected chi connectivity index (χ3v) is 18.4. The first-order chi connectivity index (χ1) is 30.5. The quantitative estimate of drug-likeness (QED) is 0.168. The second-order valence-corrected chi connectivity index (χ2v) is 22.8. The smallest absolute Gasteiger partial charge is 0.285 e. The van der Waals surface area contributed by atoms with E-state index in [1.54, 1.807) is 37.0 Å². The fourth-order valence-corrected chi connectivity index (χ4v) is 14.9. The van der Waals surface area contributed by atoms with E-state index in [0.717, 1.165) is 38.7 Å². The molecule has 3 aliphatic heterocycles. The molecular formula is C53H47O8P3. The Balaban J connectivity index is 0.000000133. The van der Waals surface area contributed by atoms with Gasteiger partial charge in [-0.05, 0) is 72.1 Å². The first kappa shape index (κ1) is 44.1. The number of hydrogen-bond donors (Lipinski definition) is 2. The highest BCUT2D eigenvalue weighted by molar-refractivity contribution is 7.68. The molecule has 4 unspecified atom stereocenters. The molecule has 0 bridgehead atoms. The number of para-hydroxylation sites is 5. The summed E-state index contributed by atoms with van der Waals surface area (Å²) in [7, 11) is -8.98. The molecule has 64 heavy (non-hydrogen) atoms. The van der Waals surface area contributed by atoms with Crippen LogP contribution in [0.1, 0.15) is 31.1 Å². The van der Waals surface area contributed by atoms with Crippen LogP contribution < -0.4 is 29.5 Å². The van der Waals surface area contributed by atoms with Crippen LogP contribution in [0, 0.1) is 0 Å². The van der Waals surface area contributed by atoms with Gasteiger partial charge in [0.1, 0.15) is 28.7 Å². The Morgan fingerprint density at radius 1 is 0.438 bits per heavy atom. The van der Waals surface area contributed by atoms with Crippen molar-refractivity contribution in [1.29, 1.82) is 0 Å². The SMILES string of the molecule is C.CC(c1ccccc1O)P1(=O)Oc2ccccc2-c2ccccc21.CP1(=O)Oc2ccccc2-c2ccccc21.O=P1(c2ccccc2-c2ccccc2O)Cc2ccccc2O1. The van der Waals surface area contributed by atoms with Gasteiger partial charge >= 0.3 is 0 Å². The van der Waals surface area contributed by atoms with Crippen LogP contribution in [-0.4, -0.2) is 16.9 Å². The minimum absolute atomic E-state index is 0. The summed E-state index contributed by atoms with van der Waals surface area (Å²) >= 11 is 0. The second kappa shape index (κ2) is 17.9. The highest BCUT2D eigenvalue weighted by Crippen LogP contribution is 2.64. The number of aromatic hydroxyl groups is 2. The largest absolute Gasteiger partial charge is 0.508 e. The number of hydrogen-bond acceptors (Lipinski definition) is 8. The lowest BCUT2D eigenvalue weighted by Gasteiger charge is -2.32. The highest BCUT2D eigenvalue weighted by atomic mass is 31.2. The summed E-state index contributed by atoms with van der Waals surface area (Å²) < 4.78 is 57.3. The van der Waals surface area contributed by atoms with Gasteiger partial charge < -0.3 is 23.8 Å². The minimum atomic E-state index is -3.24. The molecule has 11 heteroatoms. The molecule has 0 aliphatic carbocycles. The van der Waals surface area contributed by atoms with Crippen molar-refractivity contribution in [3.05, 3.63) is 205 Å². The van der Waals surface area contributed by atoms with E-state index in [1.165, 1.54) is 0 Å². The first-order valence-corrected chi connectivity index (χ1v) is 26.0. The summed E-state index contributed by atoms with van der Waals surface area (Å²) in [5, 5.41) is 22.5. The summed E-state index contributed by atoms with van der Waals surface area (Å²) in [5.74, 6) is 2.33. The van der Waals surface area contributed by atoms with Crippen molar-refractivity contribution in [2.75, 3.05) is 6.66 Å². The zero-order valence-electron chi connectivity index (χ0n) is 34.4. The summed E-state index contributed by atoms with van der Waals surface area (Å²) in [4.78, 5) is 0. The van der Waals surface area contributed by atoms with E-state index < -0.39 is 27.8 Å². The predicted molar refractivity (Wildman–Crippen MR) is 260 cm³/mol. The van der Waals surface area contributed by atoms with E-state index in [0.29, 0.717) is 45.1 Å². The maximum absolute atomic E-state index is 13.9. The van der Waals surface area contributed by atoms with Gasteiger partial charge in [0.2, 0.25) is 0 Å². The molecule has 3 aliphatic rings. The van der Waals surface area contributed by atoms with Crippen molar-refractivity contribution in [3.63, 3.8) is 0 Å². The summed E-state index contributed by atoms with van der Waals surface area (Å²) in [6.45, 7) is 3.52. The van der Waals surface area contributed by atoms with Crippen LogP contribution >= 0.6 is 22.1 Å². The molecule has 0 amide bonds. The standard InChI is InChI=1S/C20H17O3P.C19H15O3P.C13H11O2P.CH4/c1-14(15-8-2-5-11-18(15)21)24(22)20-13-7-4-10-17(20)16-9-3-6-12-19(16)23-24;20-17-10-4-2-8-15(17)16-9-3-6-12-19(16)23(21)13-14-7-1-5-11-18(14)22-23;1-16(14)13-9-5-3-7-11(13)10-6-2-4-8-12(10)15-16;/h2-14,21H,1H3;1-12,20H,13H2;2-9H,1H3;1H4. The molecule has 8 aromatic rings. The molecule has 0 saturated heterocycles. The molecule has 0 spiro atoms. The lowest BCUT2D eigenvalue weighted by Crippen LogP contribution is -2.21. The molecule has 3 heterocycles. The number of benzene rings is 8. The van der Waals surface area contributed by atoms with E-state index >= 15 is 0 Å². The van der Waals surface area contributed by atoms with Crippen molar-refractivity contribution in [2.24, 2.45) is 0 Å². The molecule has 322 valence electrons. The van der Waals surface area contributed by atoms with E-state index in [4.69, 9.17) is 13.6 Å². The zero-order valence-corrected chi connectivity index (χ0v) is 37.1. The van der Waals surface area contributed by atoms with Gasteiger partial charge in [0.15, 0.2) is 0 Å². The Bertz CT molecular complexity index is 3130. The molecule has 0 aromatic heterocycles. The summed E-state index contributed by atoms with van der Waals surface area (Å²) in [6, 6.07) is 59.8. The van der Waals surface area contributed by atoms with E-state index in [2.05, 4.69) is 0 Å². The zero-order chi connectivity index (χ0) is 43.8. The first-order valence-electron chi connectivity index (χ1n) is 20.4. The fraction of sp³-hybridized carbons (Fsp3) is 0.0943. The van der Waals surface area contributed by atoms with Gasteiger partial charge in [0.25, 0.3) is 22.1 Å². The maximum atomic E-state index is 13.9.